The van der Waals surface area contributed by atoms with Crippen LogP contribution in [0.25, 0.3) is 0 Å². The molecule has 0 heteroatoms. The zero-order valence-electron chi connectivity index (χ0n) is 65.4. The van der Waals surface area contributed by atoms with Crippen LogP contribution in [0.2, 0.25) is 0 Å². The fourth-order valence-electron chi connectivity index (χ4n) is 12.5. The minimum atomic E-state index is 0.260. The lowest BCUT2D eigenvalue weighted by molar-refractivity contribution is 0.422. The van der Waals surface area contributed by atoms with Crippen molar-refractivity contribution >= 4 is 0 Å². The SMILES string of the molecule is CCC(C)(C)c1cccc(C(C)(CC)CC)c1C.CCC(C)(CC)c1ccc(C)c(C(C)(CC)CC)c1.CCC(C)(CC)c1ccc(C)cc1.CCC(C)(CC)c1cccc(C)c1.CCC(C)(CC)c1ccccc1C.Cc1cc(C(C)C)cc(C(C)(C)C)c1. The van der Waals surface area contributed by atoms with Gasteiger partial charge in [-0.25, -0.2) is 0 Å². The van der Waals surface area contributed by atoms with Crippen LogP contribution in [0.4, 0.5) is 0 Å². The van der Waals surface area contributed by atoms with Gasteiger partial charge in [0.25, 0.3) is 0 Å². The summed E-state index contributed by atoms with van der Waals surface area (Å²) in [4.78, 5) is 0. The maximum absolute atomic E-state index is 2.50. The van der Waals surface area contributed by atoms with Crippen molar-refractivity contribution in [3.05, 3.63) is 211 Å². The van der Waals surface area contributed by atoms with Gasteiger partial charge in [0.2, 0.25) is 0 Å². The Morgan fingerprint density at radius 1 is 0.267 bits per heavy atom. The van der Waals surface area contributed by atoms with Gasteiger partial charge in [-0.05, 0) is 241 Å². The van der Waals surface area contributed by atoms with Gasteiger partial charge < -0.3 is 0 Å². The van der Waals surface area contributed by atoms with Crippen molar-refractivity contribution in [3.63, 3.8) is 0 Å². The number of aryl methyl sites for hydroxylation is 5. The maximum Gasteiger partial charge on any atom is -0.00778 e. The highest BCUT2D eigenvalue weighted by Crippen LogP contribution is 2.41. The molecule has 0 saturated heterocycles. The van der Waals surface area contributed by atoms with Gasteiger partial charge in [-0.3, -0.25) is 0 Å². The van der Waals surface area contributed by atoms with E-state index in [1.807, 2.05) is 0 Å². The molecular formula is C90H144. The van der Waals surface area contributed by atoms with E-state index in [4.69, 9.17) is 0 Å². The van der Waals surface area contributed by atoms with Crippen LogP contribution in [-0.2, 0) is 43.3 Å². The average molecular weight is 1230 g/mol. The highest BCUT2D eigenvalue weighted by Gasteiger charge is 2.31. The second kappa shape index (κ2) is 37.3. The Labute approximate surface area is 561 Å². The molecule has 6 rings (SSSR count). The summed E-state index contributed by atoms with van der Waals surface area (Å²) in [7, 11) is 0. The molecule has 6 aromatic carbocycles. The molecular weight excluding hydrogens is 1080 g/mol. The molecule has 504 valence electrons. The summed E-state index contributed by atoms with van der Waals surface area (Å²) >= 11 is 0. The van der Waals surface area contributed by atoms with E-state index in [-0.39, 0.29) is 10.8 Å². The molecule has 0 amide bonds. The van der Waals surface area contributed by atoms with Gasteiger partial charge in [0.1, 0.15) is 0 Å². The lowest BCUT2D eigenvalue weighted by Crippen LogP contribution is -2.24. The number of hydrogen-bond acceptors (Lipinski definition) is 0. The van der Waals surface area contributed by atoms with Crippen LogP contribution < -0.4 is 0 Å². The van der Waals surface area contributed by atoms with Gasteiger partial charge in [-0.2, -0.15) is 0 Å². The summed E-state index contributed by atoms with van der Waals surface area (Å²) in [6.45, 7) is 73.3. The zero-order valence-corrected chi connectivity index (χ0v) is 65.4. The average Bonchev–Trinajstić information content (AvgIpc) is 0.828. The second-order valence-corrected chi connectivity index (χ2v) is 30.9. The van der Waals surface area contributed by atoms with Crippen LogP contribution >= 0.6 is 0 Å². The standard InChI is InChI=1S/C19H32.C18H30.C14H22.3C13H20/c1-8-18(6,9-2)16-13-12-15(5)17(14-16)19(7,10-3)11-4;1-8-17(5,6)15-12-11-13-16(14(15)4)18(7,9-2)10-3;1-10(2)12-7-11(3)8-13(9-12)14(4,5)6;1-5-13(4,6-2)12-9-7-11(3)8-10-12;1-5-13(4,6-2)12-9-7-8-11(3)10-12;1-5-13(4,6-2)12-10-8-7-9-11(12)3/h12-14H,8-11H2,1-7H3;11-13H,8-10H2,1-7H3;7-10H,1-6H3;3*7-10H,5-6H2,1-4H3. The third kappa shape index (κ3) is 23.1. The lowest BCUT2D eigenvalue weighted by atomic mass is 9.71. The molecule has 0 saturated carbocycles. The van der Waals surface area contributed by atoms with Crippen molar-refractivity contribution in [1.29, 1.82) is 0 Å². The summed E-state index contributed by atoms with van der Waals surface area (Å²) in [6.07, 6.45) is 15.7. The second-order valence-electron chi connectivity index (χ2n) is 30.9. The highest BCUT2D eigenvalue weighted by molar-refractivity contribution is 5.43. The molecule has 0 heterocycles. The first-order valence-corrected chi connectivity index (χ1v) is 36.4. The first kappa shape index (κ1) is 83.3. The lowest BCUT2D eigenvalue weighted by Gasteiger charge is -2.33. The molecule has 0 aromatic heterocycles. The third-order valence-electron chi connectivity index (χ3n) is 23.4. The fraction of sp³-hybridized carbons (Fsp3) is 0.600. The Balaban J connectivity index is 0.000000544. The Morgan fingerprint density at radius 2 is 0.633 bits per heavy atom. The third-order valence-corrected chi connectivity index (χ3v) is 23.4. The predicted molar refractivity (Wildman–Crippen MR) is 411 cm³/mol. The van der Waals surface area contributed by atoms with Gasteiger partial charge >= 0.3 is 0 Å². The zero-order chi connectivity index (χ0) is 69.3. The van der Waals surface area contributed by atoms with E-state index in [1.54, 1.807) is 11.1 Å². The Hall–Kier alpha value is -4.68. The molecule has 0 aliphatic carbocycles. The van der Waals surface area contributed by atoms with E-state index >= 15 is 0 Å². The van der Waals surface area contributed by atoms with Crippen molar-refractivity contribution < 1.29 is 0 Å². The van der Waals surface area contributed by atoms with Crippen molar-refractivity contribution in [2.75, 3.05) is 0 Å². The minimum Gasteiger partial charge on any atom is -0.0646 e. The number of benzene rings is 6. The van der Waals surface area contributed by atoms with Crippen LogP contribution in [0.5, 0.6) is 0 Å². The van der Waals surface area contributed by atoms with Gasteiger partial charge in [-0.1, -0.05) is 324 Å². The molecule has 0 nitrogen and oxygen atoms in total. The molecule has 0 bridgehead atoms. The largest absolute Gasteiger partial charge is 0.0646 e. The summed E-state index contributed by atoms with van der Waals surface area (Å²) < 4.78 is 0. The van der Waals surface area contributed by atoms with Gasteiger partial charge in [0.15, 0.2) is 0 Å². The number of rotatable bonds is 21. The molecule has 0 N–H and O–H groups in total. The van der Waals surface area contributed by atoms with Crippen LogP contribution in [0.15, 0.2) is 127 Å². The van der Waals surface area contributed by atoms with Crippen molar-refractivity contribution in [2.45, 2.75) is 354 Å². The molecule has 0 radical (unpaired) electrons. The molecule has 90 heavy (non-hydrogen) atoms. The molecule has 0 spiro atoms. The maximum atomic E-state index is 2.50. The van der Waals surface area contributed by atoms with Crippen molar-refractivity contribution in [2.24, 2.45) is 0 Å². The van der Waals surface area contributed by atoms with E-state index in [0.29, 0.717) is 38.4 Å². The monoisotopic (exact) mass is 1230 g/mol. The molecule has 0 atom stereocenters. The predicted octanol–water partition coefficient (Wildman–Crippen LogP) is 28.5. The minimum absolute atomic E-state index is 0.260. The number of hydrogen-bond donors (Lipinski definition) is 0. The molecule has 0 aliphatic heterocycles. The highest BCUT2D eigenvalue weighted by atomic mass is 14.4. The van der Waals surface area contributed by atoms with Crippen LogP contribution in [0, 0.1) is 41.5 Å². The van der Waals surface area contributed by atoms with Crippen LogP contribution in [-0.4, -0.2) is 0 Å². The smallest absolute Gasteiger partial charge is 0.00778 e. The van der Waals surface area contributed by atoms with Gasteiger partial charge in [-0.15, -0.1) is 0 Å². The first-order valence-electron chi connectivity index (χ1n) is 36.4. The van der Waals surface area contributed by atoms with Gasteiger partial charge in [0, 0.05) is 0 Å². The van der Waals surface area contributed by atoms with E-state index < -0.39 is 0 Å². The molecule has 0 unspecified atom stereocenters. The summed E-state index contributed by atoms with van der Waals surface area (Å²) in [5.41, 5.74) is 24.6. The first-order chi connectivity index (χ1) is 41.9. The summed E-state index contributed by atoms with van der Waals surface area (Å²) in [5.74, 6) is 0.621. The van der Waals surface area contributed by atoms with E-state index in [9.17, 15) is 0 Å². The quantitative estimate of drug-likeness (QED) is 0.0674. The molecule has 6 aromatic rings. The van der Waals surface area contributed by atoms with Crippen LogP contribution in [0.3, 0.4) is 0 Å². The summed E-state index contributed by atoms with van der Waals surface area (Å²) in [5, 5.41) is 0. The van der Waals surface area contributed by atoms with Gasteiger partial charge in [0.05, 0.1) is 0 Å². The molecule has 0 aliphatic rings. The normalized spacial score (nSPS) is 12.2. The summed E-state index contributed by atoms with van der Waals surface area (Å²) in [6, 6.07) is 47.6. The van der Waals surface area contributed by atoms with E-state index in [1.165, 1.54) is 156 Å². The molecule has 0 fully saturated rings. The Kier molecular flexibility index (Phi) is 34.5. The topological polar surface area (TPSA) is 0 Å². The van der Waals surface area contributed by atoms with E-state index in [0.717, 1.165) is 0 Å². The Morgan fingerprint density at radius 3 is 1.06 bits per heavy atom. The van der Waals surface area contributed by atoms with Crippen molar-refractivity contribution in [1.82, 2.24) is 0 Å². The van der Waals surface area contributed by atoms with Crippen LogP contribution in [0.1, 0.15) is 353 Å². The Bertz CT molecular complexity index is 2950. The van der Waals surface area contributed by atoms with Crippen molar-refractivity contribution in [3.8, 4) is 0 Å². The van der Waals surface area contributed by atoms with E-state index in [2.05, 4.69) is 349 Å². The fourth-order valence-corrected chi connectivity index (χ4v) is 12.5.